The zero-order valence-electron chi connectivity index (χ0n) is 16.3. The van der Waals surface area contributed by atoms with Crippen molar-refractivity contribution in [2.75, 3.05) is 13.7 Å². The molecule has 4 rings (SSSR count). The first-order chi connectivity index (χ1) is 14.5. The van der Waals surface area contributed by atoms with Crippen molar-refractivity contribution in [1.82, 2.24) is 0 Å². The van der Waals surface area contributed by atoms with Gasteiger partial charge < -0.3 is 18.6 Å². The molecule has 0 spiro atoms. The monoisotopic (exact) mass is 422 g/mol. The van der Waals surface area contributed by atoms with E-state index in [1.807, 2.05) is 49.4 Å². The molecule has 4 aromatic rings. The quantitative estimate of drug-likeness (QED) is 0.327. The SMILES string of the molecule is COc1cccc(-c2cc(OC(=O)COc3cccc(C)c3)cc3sc(=O)oc23)c1. The molecule has 0 saturated heterocycles. The van der Waals surface area contributed by atoms with E-state index < -0.39 is 10.9 Å². The maximum absolute atomic E-state index is 12.3. The van der Waals surface area contributed by atoms with Crippen LogP contribution in [-0.2, 0) is 4.79 Å². The summed E-state index contributed by atoms with van der Waals surface area (Å²) in [6, 6.07) is 18.0. The molecule has 7 heteroatoms. The van der Waals surface area contributed by atoms with Crippen LogP contribution < -0.4 is 19.1 Å². The second-order valence-corrected chi connectivity index (χ2v) is 7.54. The van der Waals surface area contributed by atoms with Crippen molar-refractivity contribution < 1.29 is 23.4 Å². The third kappa shape index (κ3) is 4.36. The number of hydrogen-bond acceptors (Lipinski definition) is 7. The fraction of sp³-hybridized carbons (Fsp3) is 0.130. The molecular weight excluding hydrogens is 404 g/mol. The van der Waals surface area contributed by atoms with Crippen molar-refractivity contribution in [3.63, 3.8) is 0 Å². The van der Waals surface area contributed by atoms with E-state index in [4.69, 9.17) is 18.6 Å². The van der Waals surface area contributed by atoms with E-state index in [9.17, 15) is 9.59 Å². The average Bonchev–Trinajstić information content (AvgIpc) is 3.12. The van der Waals surface area contributed by atoms with E-state index in [1.54, 1.807) is 25.3 Å². The van der Waals surface area contributed by atoms with Crippen molar-refractivity contribution in [3.8, 4) is 28.4 Å². The third-order valence-electron chi connectivity index (χ3n) is 4.37. The van der Waals surface area contributed by atoms with Gasteiger partial charge in [0.2, 0.25) is 0 Å². The average molecular weight is 422 g/mol. The van der Waals surface area contributed by atoms with Crippen LogP contribution in [0.2, 0.25) is 0 Å². The lowest BCUT2D eigenvalue weighted by Gasteiger charge is -2.10. The van der Waals surface area contributed by atoms with Gasteiger partial charge in [0.25, 0.3) is 0 Å². The molecule has 0 unspecified atom stereocenters. The molecule has 0 fully saturated rings. The molecule has 3 aromatic carbocycles. The fourth-order valence-corrected chi connectivity index (χ4v) is 3.75. The molecule has 0 saturated carbocycles. The van der Waals surface area contributed by atoms with Gasteiger partial charge in [0.05, 0.1) is 11.8 Å². The molecule has 152 valence electrons. The Balaban J connectivity index is 1.61. The van der Waals surface area contributed by atoms with Crippen molar-refractivity contribution in [3.05, 3.63) is 76.0 Å². The van der Waals surface area contributed by atoms with Gasteiger partial charge in [-0.05, 0) is 48.4 Å². The number of methoxy groups -OCH3 is 1. The Bertz CT molecular complexity index is 1270. The summed E-state index contributed by atoms with van der Waals surface area (Å²) in [6.07, 6.45) is 0. The van der Waals surface area contributed by atoms with Gasteiger partial charge >= 0.3 is 10.9 Å². The van der Waals surface area contributed by atoms with Crippen LogP contribution in [0.4, 0.5) is 0 Å². The molecule has 0 amide bonds. The Morgan fingerprint density at radius 2 is 1.80 bits per heavy atom. The van der Waals surface area contributed by atoms with Gasteiger partial charge in [-0.15, -0.1) is 0 Å². The molecule has 1 heterocycles. The van der Waals surface area contributed by atoms with E-state index in [1.165, 1.54) is 0 Å². The second-order valence-electron chi connectivity index (χ2n) is 6.56. The zero-order valence-corrected chi connectivity index (χ0v) is 17.2. The van der Waals surface area contributed by atoms with E-state index in [2.05, 4.69) is 0 Å². The molecule has 0 aliphatic rings. The maximum Gasteiger partial charge on any atom is 0.396 e. The van der Waals surface area contributed by atoms with Gasteiger partial charge in [-0.2, -0.15) is 0 Å². The van der Waals surface area contributed by atoms with Crippen LogP contribution in [0.25, 0.3) is 21.4 Å². The molecule has 30 heavy (non-hydrogen) atoms. The molecule has 6 nitrogen and oxygen atoms in total. The van der Waals surface area contributed by atoms with Gasteiger partial charge in [0.15, 0.2) is 12.2 Å². The lowest BCUT2D eigenvalue weighted by Crippen LogP contribution is -2.17. The highest BCUT2D eigenvalue weighted by Gasteiger charge is 2.15. The summed E-state index contributed by atoms with van der Waals surface area (Å²) in [5.74, 6) is 0.998. The Kier molecular flexibility index (Phi) is 5.54. The number of ether oxygens (including phenoxy) is 3. The summed E-state index contributed by atoms with van der Waals surface area (Å²) in [4.78, 5) is 23.7. The highest BCUT2D eigenvalue weighted by Crippen LogP contribution is 2.35. The molecule has 1 aromatic heterocycles. The maximum atomic E-state index is 12.3. The molecule has 0 N–H and O–H groups in total. The summed E-state index contributed by atoms with van der Waals surface area (Å²) < 4.78 is 22.2. The van der Waals surface area contributed by atoms with Crippen LogP contribution in [0.1, 0.15) is 5.56 Å². The predicted octanol–water partition coefficient (Wildman–Crippen LogP) is 4.82. The molecule has 0 radical (unpaired) electrons. The largest absolute Gasteiger partial charge is 0.497 e. The van der Waals surface area contributed by atoms with Crippen LogP contribution in [-0.4, -0.2) is 19.7 Å². The van der Waals surface area contributed by atoms with Crippen LogP contribution >= 0.6 is 11.3 Å². The Morgan fingerprint density at radius 1 is 1.00 bits per heavy atom. The number of benzene rings is 3. The summed E-state index contributed by atoms with van der Waals surface area (Å²) in [5, 5.41) is 0. The molecule has 0 aliphatic heterocycles. The van der Waals surface area contributed by atoms with E-state index >= 15 is 0 Å². The highest BCUT2D eigenvalue weighted by molar-refractivity contribution is 7.16. The van der Waals surface area contributed by atoms with Crippen molar-refractivity contribution in [1.29, 1.82) is 0 Å². The molecular formula is C23H18O6S. The van der Waals surface area contributed by atoms with Crippen LogP contribution in [0.5, 0.6) is 17.2 Å². The number of fused-ring (bicyclic) bond motifs is 1. The van der Waals surface area contributed by atoms with E-state index in [-0.39, 0.29) is 6.61 Å². The number of carbonyl (C=O) groups excluding carboxylic acids is 1. The minimum atomic E-state index is -0.553. The van der Waals surface area contributed by atoms with E-state index in [0.717, 1.165) is 22.5 Å². The van der Waals surface area contributed by atoms with Gasteiger partial charge in [-0.3, -0.25) is 0 Å². The van der Waals surface area contributed by atoms with Crippen molar-refractivity contribution in [2.45, 2.75) is 6.92 Å². The number of aryl methyl sites for hydroxylation is 1. The van der Waals surface area contributed by atoms with Gasteiger partial charge in [-0.25, -0.2) is 9.59 Å². The lowest BCUT2D eigenvalue weighted by atomic mass is 10.0. The molecule has 0 bridgehead atoms. The normalized spacial score (nSPS) is 10.7. The minimum Gasteiger partial charge on any atom is -0.497 e. The second kappa shape index (κ2) is 8.42. The summed E-state index contributed by atoms with van der Waals surface area (Å²) in [6.45, 7) is 1.70. The van der Waals surface area contributed by atoms with Gasteiger partial charge in [0.1, 0.15) is 17.2 Å². The van der Waals surface area contributed by atoms with Crippen LogP contribution in [0.3, 0.4) is 0 Å². The number of carbonyl (C=O) groups is 1. The summed E-state index contributed by atoms with van der Waals surface area (Å²) in [5.41, 5.74) is 2.88. The fourth-order valence-electron chi connectivity index (χ4n) is 3.02. The number of rotatable bonds is 6. The summed E-state index contributed by atoms with van der Waals surface area (Å²) in [7, 11) is 1.58. The van der Waals surface area contributed by atoms with Crippen LogP contribution in [0, 0.1) is 6.92 Å². The first kappa shape index (κ1) is 19.7. The summed E-state index contributed by atoms with van der Waals surface area (Å²) >= 11 is 0.948. The number of hydrogen-bond donors (Lipinski definition) is 0. The van der Waals surface area contributed by atoms with Crippen molar-refractivity contribution in [2.24, 2.45) is 0 Å². The zero-order chi connectivity index (χ0) is 21.1. The third-order valence-corrected chi connectivity index (χ3v) is 5.14. The topological polar surface area (TPSA) is 75.0 Å². The van der Waals surface area contributed by atoms with Gasteiger partial charge in [-0.1, -0.05) is 35.6 Å². The van der Waals surface area contributed by atoms with Gasteiger partial charge in [0, 0.05) is 11.6 Å². The minimum absolute atomic E-state index is 0.238. The van der Waals surface area contributed by atoms with E-state index in [0.29, 0.717) is 33.1 Å². The molecule has 0 aliphatic carbocycles. The smallest absolute Gasteiger partial charge is 0.396 e. The highest BCUT2D eigenvalue weighted by atomic mass is 32.1. The Morgan fingerprint density at radius 3 is 2.60 bits per heavy atom. The standard InChI is InChI=1S/C23H18O6S/c1-14-5-3-8-17(9-14)27-13-21(24)28-18-11-19(15-6-4-7-16(10-15)26-2)22-20(12-18)30-23(25)29-22/h3-12H,13H2,1-2H3. The Hall–Kier alpha value is -3.58. The Labute approximate surface area is 176 Å². The lowest BCUT2D eigenvalue weighted by molar-refractivity contribution is -0.136. The predicted molar refractivity (Wildman–Crippen MR) is 115 cm³/mol. The van der Waals surface area contributed by atoms with Crippen LogP contribution in [0.15, 0.2) is 69.9 Å². The van der Waals surface area contributed by atoms with Crippen molar-refractivity contribution >= 4 is 27.6 Å². The first-order valence-electron chi connectivity index (χ1n) is 9.14. The molecule has 0 atom stereocenters. The number of esters is 1. The first-order valence-corrected chi connectivity index (χ1v) is 9.96.